The van der Waals surface area contributed by atoms with Crippen LogP contribution in [0.25, 0.3) is 0 Å². The predicted octanol–water partition coefficient (Wildman–Crippen LogP) is 4.87. The monoisotopic (exact) mass is 421 g/mol. The van der Waals surface area contributed by atoms with Gasteiger partial charge >= 0.3 is 5.97 Å². The maximum absolute atomic E-state index is 12.7. The van der Waals surface area contributed by atoms with Gasteiger partial charge in [-0.2, -0.15) is 0 Å². The Hall–Kier alpha value is -1.76. The molecule has 0 radical (unpaired) electrons. The van der Waals surface area contributed by atoms with Crippen molar-refractivity contribution >= 4 is 45.9 Å². The minimum absolute atomic E-state index is 0.0495. The second-order valence-electron chi connectivity index (χ2n) is 6.28. The van der Waals surface area contributed by atoms with Crippen LogP contribution in [0.3, 0.4) is 0 Å². The number of aromatic hydroxyl groups is 1. The number of ether oxygens (including phenoxy) is 1. The van der Waals surface area contributed by atoms with Crippen molar-refractivity contribution in [3.8, 4) is 11.5 Å². The topological polar surface area (TPSA) is 58.6 Å². The number of phenols is 1. The second-order valence-corrected chi connectivity index (χ2v) is 8.49. The van der Waals surface area contributed by atoms with Crippen molar-refractivity contribution < 1.29 is 14.6 Å². The lowest BCUT2D eigenvalue weighted by Crippen LogP contribution is -2.48. The van der Waals surface area contributed by atoms with Gasteiger partial charge in [0.1, 0.15) is 21.9 Å². The fourth-order valence-electron chi connectivity index (χ4n) is 3.02. The molecule has 27 heavy (non-hydrogen) atoms. The van der Waals surface area contributed by atoms with Gasteiger partial charge in [-0.3, -0.25) is 0 Å². The van der Waals surface area contributed by atoms with E-state index in [1.165, 1.54) is 17.8 Å². The third-order valence-corrected chi connectivity index (χ3v) is 5.96. The average Bonchev–Trinajstić information content (AvgIpc) is 2.63. The van der Waals surface area contributed by atoms with Crippen molar-refractivity contribution in [2.45, 2.75) is 31.7 Å². The summed E-state index contributed by atoms with van der Waals surface area (Å²) in [5.74, 6) is 0.589. The normalized spacial score (nSPS) is 18.5. The molecule has 0 bridgehead atoms. The van der Waals surface area contributed by atoms with E-state index in [1.807, 2.05) is 12.1 Å². The standard InChI is InChI=1S/C20H20ClNO3S2/c1-2-3-10-27-20(26)22-18-17(12-4-6-13(21)7-5-12)15-9-8-14(23)11-16(15)25-19(18)24/h4-9,11,17-18,23H,2-3,10H2,1H3,(H,22,26). The molecule has 2 N–H and O–H groups in total. The SMILES string of the molecule is CCCCSC(=S)NC1C(=O)Oc2cc(O)ccc2C1c1ccc(Cl)cc1. The first kappa shape index (κ1) is 20.0. The van der Waals surface area contributed by atoms with Gasteiger partial charge in [0.15, 0.2) is 0 Å². The molecule has 0 aromatic heterocycles. The molecule has 4 nitrogen and oxygen atoms in total. The molecule has 1 heterocycles. The lowest BCUT2D eigenvalue weighted by atomic mass is 9.83. The predicted molar refractivity (Wildman–Crippen MR) is 114 cm³/mol. The number of rotatable bonds is 5. The first-order chi connectivity index (χ1) is 13.0. The van der Waals surface area contributed by atoms with E-state index in [1.54, 1.807) is 24.3 Å². The lowest BCUT2D eigenvalue weighted by molar-refractivity contribution is -0.137. The third kappa shape index (κ3) is 4.75. The zero-order chi connectivity index (χ0) is 19.4. The first-order valence-electron chi connectivity index (χ1n) is 8.73. The van der Waals surface area contributed by atoms with Gasteiger partial charge in [0.25, 0.3) is 0 Å². The largest absolute Gasteiger partial charge is 0.508 e. The van der Waals surface area contributed by atoms with E-state index in [0.717, 1.165) is 29.7 Å². The number of esters is 1. The van der Waals surface area contributed by atoms with Crippen LogP contribution < -0.4 is 10.1 Å². The van der Waals surface area contributed by atoms with Crippen LogP contribution in [0.5, 0.6) is 11.5 Å². The summed E-state index contributed by atoms with van der Waals surface area (Å²) in [6.07, 6.45) is 2.15. The number of phenolic OH excluding ortho intramolecular Hbond substituents is 1. The molecule has 0 spiro atoms. The number of fused-ring (bicyclic) bond motifs is 1. The van der Waals surface area contributed by atoms with Gasteiger partial charge in [0, 0.05) is 28.3 Å². The number of hydrogen-bond acceptors (Lipinski definition) is 5. The Morgan fingerprint density at radius 1 is 1.30 bits per heavy atom. The molecule has 1 aliphatic rings. The molecule has 3 rings (SSSR count). The highest BCUT2D eigenvalue weighted by Gasteiger charge is 2.39. The van der Waals surface area contributed by atoms with E-state index in [9.17, 15) is 9.90 Å². The van der Waals surface area contributed by atoms with Gasteiger partial charge in [-0.05, 0) is 30.2 Å². The van der Waals surface area contributed by atoms with E-state index < -0.39 is 12.0 Å². The number of halogens is 1. The second kappa shape index (κ2) is 8.95. The number of carbonyl (C=O) groups is 1. The van der Waals surface area contributed by atoms with Crippen molar-refractivity contribution in [2.24, 2.45) is 0 Å². The molecular formula is C20H20ClNO3S2. The van der Waals surface area contributed by atoms with Crippen molar-refractivity contribution in [3.63, 3.8) is 0 Å². The van der Waals surface area contributed by atoms with Crippen molar-refractivity contribution in [1.82, 2.24) is 5.32 Å². The molecule has 0 fully saturated rings. The summed E-state index contributed by atoms with van der Waals surface area (Å²) in [6.45, 7) is 2.12. The molecule has 1 aliphatic heterocycles. The van der Waals surface area contributed by atoms with Gasteiger partial charge < -0.3 is 15.2 Å². The van der Waals surface area contributed by atoms with Crippen LogP contribution in [0.2, 0.25) is 5.02 Å². The minimum Gasteiger partial charge on any atom is -0.508 e. The third-order valence-electron chi connectivity index (χ3n) is 4.36. The molecule has 2 atom stereocenters. The van der Waals surface area contributed by atoms with Crippen LogP contribution in [0.1, 0.15) is 36.8 Å². The molecule has 7 heteroatoms. The fraction of sp³-hybridized carbons (Fsp3) is 0.300. The number of thiocarbonyl (C=S) groups is 1. The number of nitrogens with one attached hydrogen (secondary N) is 1. The number of benzene rings is 2. The number of unbranched alkanes of at least 4 members (excludes halogenated alkanes) is 1. The van der Waals surface area contributed by atoms with Crippen LogP contribution in [0.4, 0.5) is 0 Å². The molecule has 2 aromatic carbocycles. The first-order valence-corrected chi connectivity index (χ1v) is 10.5. The van der Waals surface area contributed by atoms with E-state index in [0.29, 0.717) is 15.1 Å². The van der Waals surface area contributed by atoms with E-state index >= 15 is 0 Å². The van der Waals surface area contributed by atoms with Crippen LogP contribution >= 0.6 is 35.6 Å². The smallest absolute Gasteiger partial charge is 0.334 e. The highest BCUT2D eigenvalue weighted by Crippen LogP contribution is 2.41. The molecule has 0 amide bonds. The zero-order valence-corrected chi connectivity index (χ0v) is 17.2. The Morgan fingerprint density at radius 2 is 2.04 bits per heavy atom. The van der Waals surface area contributed by atoms with Gasteiger partial charge in [-0.15, -0.1) is 0 Å². The maximum atomic E-state index is 12.7. The molecule has 0 saturated carbocycles. The molecule has 2 aromatic rings. The van der Waals surface area contributed by atoms with Gasteiger partial charge in [-0.1, -0.05) is 67.1 Å². The molecular weight excluding hydrogens is 402 g/mol. The summed E-state index contributed by atoms with van der Waals surface area (Å²) in [7, 11) is 0. The Bertz CT molecular complexity index is 842. The summed E-state index contributed by atoms with van der Waals surface area (Å²) < 4.78 is 6.05. The van der Waals surface area contributed by atoms with E-state index in [-0.39, 0.29) is 11.7 Å². The Kier molecular flexibility index (Phi) is 6.63. The summed E-state index contributed by atoms with van der Waals surface area (Å²) in [5.41, 5.74) is 1.73. The minimum atomic E-state index is -0.648. The summed E-state index contributed by atoms with van der Waals surface area (Å²) in [4.78, 5) is 12.7. The number of thioether (sulfide) groups is 1. The van der Waals surface area contributed by atoms with Crippen molar-refractivity contribution in [1.29, 1.82) is 0 Å². The number of hydrogen-bond donors (Lipinski definition) is 2. The van der Waals surface area contributed by atoms with E-state index in [4.69, 9.17) is 28.6 Å². The van der Waals surface area contributed by atoms with Crippen LogP contribution in [-0.4, -0.2) is 27.2 Å². The average molecular weight is 422 g/mol. The molecule has 2 unspecified atom stereocenters. The van der Waals surface area contributed by atoms with Crippen LogP contribution in [-0.2, 0) is 4.79 Å². The summed E-state index contributed by atoms with van der Waals surface area (Å²) >= 11 is 13.0. The van der Waals surface area contributed by atoms with E-state index in [2.05, 4.69) is 12.2 Å². The Morgan fingerprint density at radius 3 is 2.74 bits per heavy atom. The van der Waals surface area contributed by atoms with Gasteiger partial charge in [-0.25, -0.2) is 4.79 Å². The molecule has 0 saturated heterocycles. The lowest BCUT2D eigenvalue weighted by Gasteiger charge is -2.33. The summed E-state index contributed by atoms with van der Waals surface area (Å²) in [5, 5.41) is 13.5. The highest BCUT2D eigenvalue weighted by molar-refractivity contribution is 8.22. The highest BCUT2D eigenvalue weighted by atomic mass is 35.5. The van der Waals surface area contributed by atoms with Gasteiger partial charge in [0.2, 0.25) is 0 Å². The van der Waals surface area contributed by atoms with Crippen LogP contribution in [0, 0.1) is 0 Å². The Balaban J connectivity index is 1.94. The zero-order valence-electron chi connectivity index (χ0n) is 14.8. The van der Waals surface area contributed by atoms with Crippen molar-refractivity contribution in [3.05, 3.63) is 58.6 Å². The number of carbonyl (C=O) groups excluding carboxylic acids is 1. The quantitative estimate of drug-likeness (QED) is 0.311. The Labute approximate surface area is 173 Å². The molecule has 142 valence electrons. The summed E-state index contributed by atoms with van der Waals surface area (Å²) in [6, 6.07) is 11.6. The van der Waals surface area contributed by atoms with Crippen molar-refractivity contribution in [2.75, 3.05) is 5.75 Å². The van der Waals surface area contributed by atoms with Crippen LogP contribution in [0.15, 0.2) is 42.5 Å². The maximum Gasteiger partial charge on any atom is 0.334 e. The van der Waals surface area contributed by atoms with Gasteiger partial charge in [0.05, 0.1) is 0 Å². The fourth-order valence-corrected chi connectivity index (χ4v) is 4.35. The molecule has 0 aliphatic carbocycles.